The second-order valence-corrected chi connectivity index (χ2v) is 5.17. The quantitative estimate of drug-likeness (QED) is 0.916. The maximum Gasteiger partial charge on any atom is 0.118 e. The van der Waals surface area contributed by atoms with E-state index in [1.54, 1.807) is 6.26 Å². The van der Waals surface area contributed by atoms with Gasteiger partial charge in [0, 0.05) is 25.2 Å². The van der Waals surface area contributed by atoms with Gasteiger partial charge in [-0.05, 0) is 30.0 Å². The normalized spacial score (nSPS) is 16.1. The molecule has 1 aliphatic heterocycles. The van der Waals surface area contributed by atoms with Crippen LogP contribution in [0.25, 0.3) is 0 Å². The number of rotatable bonds is 3. The minimum atomic E-state index is 0.551. The third kappa shape index (κ3) is 2.88. The molecule has 3 nitrogen and oxygen atoms in total. The number of hydrogen-bond acceptors (Lipinski definition) is 3. The molecule has 2 heterocycles. The molecule has 0 spiro atoms. The predicted molar refractivity (Wildman–Crippen MR) is 75.7 cm³/mol. The van der Waals surface area contributed by atoms with Gasteiger partial charge in [0.05, 0.1) is 12.8 Å². The van der Waals surface area contributed by atoms with Gasteiger partial charge in [-0.3, -0.25) is 4.90 Å². The van der Waals surface area contributed by atoms with E-state index in [4.69, 9.17) is 10.2 Å². The molecule has 0 atom stereocenters. The lowest BCUT2D eigenvalue weighted by atomic mass is 10.0. The number of nitrogens with zero attached hydrogens (tertiary/aromatic N) is 1. The summed E-state index contributed by atoms with van der Waals surface area (Å²) in [6.45, 7) is 3.62. The first-order chi connectivity index (χ1) is 9.35. The number of nitrogens with two attached hydrogens (primary N) is 1. The van der Waals surface area contributed by atoms with Gasteiger partial charge in [0.2, 0.25) is 0 Å². The summed E-state index contributed by atoms with van der Waals surface area (Å²) < 4.78 is 5.55. The highest BCUT2D eigenvalue weighted by Gasteiger charge is 2.14. The first kappa shape index (κ1) is 12.5. The fraction of sp³-hybridized carbons (Fsp3) is 0.375. The Bertz CT molecular complexity index is 520. The van der Waals surface area contributed by atoms with Gasteiger partial charge in [0.25, 0.3) is 0 Å². The van der Waals surface area contributed by atoms with Gasteiger partial charge in [-0.25, -0.2) is 0 Å². The van der Waals surface area contributed by atoms with Gasteiger partial charge in [0.1, 0.15) is 5.76 Å². The lowest BCUT2D eigenvalue weighted by Gasteiger charge is -2.17. The van der Waals surface area contributed by atoms with E-state index in [-0.39, 0.29) is 0 Å². The monoisotopic (exact) mass is 256 g/mol. The average molecular weight is 256 g/mol. The van der Waals surface area contributed by atoms with Crippen molar-refractivity contribution in [1.29, 1.82) is 0 Å². The van der Waals surface area contributed by atoms with Crippen LogP contribution >= 0.6 is 0 Å². The highest BCUT2D eigenvalue weighted by molar-refractivity contribution is 5.28. The van der Waals surface area contributed by atoms with Crippen molar-refractivity contribution in [3.05, 3.63) is 59.0 Å². The van der Waals surface area contributed by atoms with Crippen molar-refractivity contribution in [2.45, 2.75) is 25.9 Å². The van der Waals surface area contributed by atoms with Crippen LogP contribution in [0.4, 0.5) is 0 Å². The summed E-state index contributed by atoms with van der Waals surface area (Å²) in [4.78, 5) is 2.46. The van der Waals surface area contributed by atoms with Gasteiger partial charge in [-0.15, -0.1) is 0 Å². The van der Waals surface area contributed by atoms with E-state index in [2.05, 4.69) is 35.2 Å². The molecule has 2 N–H and O–H groups in total. The predicted octanol–water partition coefficient (Wildman–Crippen LogP) is 2.34. The number of hydrogen-bond donors (Lipinski definition) is 1. The Morgan fingerprint density at radius 2 is 1.79 bits per heavy atom. The Morgan fingerprint density at radius 3 is 2.37 bits per heavy atom. The summed E-state index contributed by atoms with van der Waals surface area (Å²) in [5.41, 5.74) is 9.67. The Morgan fingerprint density at radius 1 is 1.11 bits per heavy atom. The molecule has 2 aromatic rings. The molecular formula is C16H20N2O. The van der Waals surface area contributed by atoms with E-state index in [1.807, 2.05) is 0 Å². The van der Waals surface area contributed by atoms with Gasteiger partial charge in [-0.1, -0.05) is 24.3 Å². The molecule has 0 aliphatic carbocycles. The van der Waals surface area contributed by atoms with Gasteiger partial charge in [-0.2, -0.15) is 0 Å². The van der Waals surface area contributed by atoms with Crippen molar-refractivity contribution in [3.8, 4) is 0 Å². The molecule has 3 rings (SSSR count). The van der Waals surface area contributed by atoms with Crippen molar-refractivity contribution in [2.24, 2.45) is 5.73 Å². The topological polar surface area (TPSA) is 42.4 Å². The van der Waals surface area contributed by atoms with Crippen LogP contribution in [0.15, 0.2) is 41.0 Å². The summed E-state index contributed by atoms with van der Waals surface area (Å²) in [5.74, 6) is 1.02. The number of furan rings is 1. The third-order valence-electron chi connectivity index (χ3n) is 3.84. The Hall–Kier alpha value is -1.58. The molecule has 3 heteroatoms. The molecule has 0 saturated heterocycles. The second kappa shape index (κ2) is 5.59. The fourth-order valence-corrected chi connectivity index (χ4v) is 2.71. The van der Waals surface area contributed by atoms with Crippen LogP contribution in [0.5, 0.6) is 0 Å². The van der Waals surface area contributed by atoms with Crippen LogP contribution in [0.3, 0.4) is 0 Å². The molecule has 0 bridgehead atoms. The molecule has 0 radical (unpaired) electrons. The summed E-state index contributed by atoms with van der Waals surface area (Å²) in [7, 11) is 0. The van der Waals surface area contributed by atoms with Crippen LogP contribution in [0.2, 0.25) is 0 Å². The minimum absolute atomic E-state index is 0.551. The van der Waals surface area contributed by atoms with Crippen LogP contribution in [0.1, 0.15) is 22.5 Å². The van der Waals surface area contributed by atoms with E-state index < -0.39 is 0 Å². The maximum atomic E-state index is 5.61. The van der Waals surface area contributed by atoms with Crippen LogP contribution in [-0.2, 0) is 25.9 Å². The Labute approximate surface area is 114 Å². The van der Waals surface area contributed by atoms with Crippen LogP contribution < -0.4 is 5.73 Å². The molecule has 0 amide bonds. The second-order valence-electron chi connectivity index (χ2n) is 5.17. The van der Waals surface area contributed by atoms with Gasteiger partial charge >= 0.3 is 0 Å². The van der Waals surface area contributed by atoms with Crippen LogP contribution in [-0.4, -0.2) is 18.0 Å². The van der Waals surface area contributed by atoms with E-state index in [1.165, 1.54) is 11.1 Å². The zero-order valence-corrected chi connectivity index (χ0v) is 11.1. The average Bonchev–Trinajstić information content (AvgIpc) is 2.80. The molecule has 0 fully saturated rings. The van der Waals surface area contributed by atoms with Crippen LogP contribution in [0, 0.1) is 0 Å². The maximum absolute atomic E-state index is 5.61. The van der Waals surface area contributed by atoms with Gasteiger partial charge < -0.3 is 10.2 Å². The smallest absolute Gasteiger partial charge is 0.118 e. The van der Waals surface area contributed by atoms with Gasteiger partial charge in [0.15, 0.2) is 0 Å². The Kier molecular flexibility index (Phi) is 3.67. The van der Waals surface area contributed by atoms with E-state index in [9.17, 15) is 0 Å². The molecule has 0 saturated carbocycles. The van der Waals surface area contributed by atoms with Crippen molar-refractivity contribution >= 4 is 0 Å². The first-order valence-electron chi connectivity index (χ1n) is 6.90. The third-order valence-corrected chi connectivity index (χ3v) is 3.84. The number of benzene rings is 1. The lowest BCUT2D eigenvalue weighted by Crippen LogP contribution is -2.25. The highest BCUT2D eigenvalue weighted by Crippen LogP contribution is 2.17. The molecule has 100 valence electrons. The zero-order valence-electron chi connectivity index (χ0n) is 11.1. The molecule has 1 aliphatic rings. The molecule has 1 aromatic carbocycles. The van der Waals surface area contributed by atoms with Crippen molar-refractivity contribution in [3.63, 3.8) is 0 Å². The first-order valence-corrected chi connectivity index (χ1v) is 6.90. The number of fused-ring (bicyclic) bond motifs is 1. The fourth-order valence-electron chi connectivity index (χ4n) is 2.71. The SMILES string of the molecule is NCc1coc(CN2CCc3ccccc3CC2)c1. The Balaban J connectivity index is 1.65. The van der Waals surface area contributed by atoms with Crippen molar-refractivity contribution in [2.75, 3.05) is 13.1 Å². The van der Waals surface area contributed by atoms with E-state index in [0.717, 1.165) is 43.8 Å². The molecule has 0 unspecified atom stereocenters. The highest BCUT2D eigenvalue weighted by atomic mass is 16.3. The largest absolute Gasteiger partial charge is 0.468 e. The molecular weight excluding hydrogens is 236 g/mol. The minimum Gasteiger partial charge on any atom is -0.468 e. The molecule has 19 heavy (non-hydrogen) atoms. The van der Waals surface area contributed by atoms with Crippen molar-refractivity contribution in [1.82, 2.24) is 4.90 Å². The summed E-state index contributed by atoms with van der Waals surface area (Å²) in [5, 5.41) is 0. The lowest BCUT2D eigenvalue weighted by molar-refractivity contribution is 0.255. The summed E-state index contributed by atoms with van der Waals surface area (Å²) in [6.07, 6.45) is 4.02. The van der Waals surface area contributed by atoms with E-state index >= 15 is 0 Å². The molecule has 1 aromatic heterocycles. The summed E-state index contributed by atoms with van der Waals surface area (Å²) in [6, 6.07) is 10.8. The van der Waals surface area contributed by atoms with Crippen molar-refractivity contribution < 1.29 is 4.42 Å². The standard InChI is InChI=1S/C16H20N2O/c17-10-13-9-16(19-12-13)11-18-7-5-14-3-1-2-4-15(14)6-8-18/h1-4,9,12H,5-8,10-11,17H2. The summed E-state index contributed by atoms with van der Waals surface area (Å²) >= 11 is 0. The van der Waals surface area contributed by atoms with E-state index in [0.29, 0.717) is 6.54 Å². The zero-order chi connectivity index (χ0) is 13.1.